The third-order valence-corrected chi connectivity index (χ3v) is 7.90. The Labute approximate surface area is 294 Å². The molecule has 0 fully saturated rings. The molecule has 0 aromatic carbocycles. The van der Waals surface area contributed by atoms with Gasteiger partial charge in [-0.2, -0.15) is 0 Å². The molecular formula is C41H71NO6. The van der Waals surface area contributed by atoms with Crippen molar-refractivity contribution in [2.24, 2.45) is 0 Å². The van der Waals surface area contributed by atoms with Crippen molar-refractivity contribution < 1.29 is 28.6 Å². The summed E-state index contributed by atoms with van der Waals surface area (Å²) in [6.45, 7) is 5.90. The van der Waals surface area contributed by atoms with Crippen LogP contribution >= 0.6 is 0 Å². The summed E-state index contributed by atoms with van der Waals surface area (Å²) in [6.07, 6.45) is 36.7. The van der Waals surface area contributed by atoms with E-state index in [4.69, 9.17) is 14.2 Å². The van der Waals surface area contributed by atoms with Crippen LogP contribution in [0, 0.1) is 0 Å². The topological polar surface area (TPSA) is 82.1 Å². The van der Waals surface area contributed by atoms with E-state index in [0.29, 0.717) is 32.5 Å². The van der Waals surface area contributed by atoms with Crippen LogP contribution in [0.2, 0.25) is 0 Å². The maximum atomic E-state index is 12.5. The van der Waals surface area contributed by atoms with Crippen LogP contribution in [0.3, 0.4) is 0 Å². The Hall–Kier alpha value is -2.67. The Kier molecular flexibility index (Phi) is 33.7. The van der Waals surface area contributed by atoms with Gasteiger partial charge in [-0.1, -0.05) is 114 Å². The molecule has 0 aliphatic carbocycles. The van der Waals surface area contributed by atoms with Crippen molar-refractivity contribution in [1.82, 2.24) is 4.90 Å². The summed E-state index contributed by atoms with van der Waals surface area (Å²) in [7, 11) is 4.03. The third-order valence-electron chi connectivity index (χ3n) is 7.90. The monoisotopic (exact) mass is 674 g/mol. The van der Waals surface area contributed by atoms with Crippen LogP contribution in [-0.4, -0.2) is 62.8 Å². The lowest BCUT2D eigenvalue weighted by molar-refractivity contribution is -0.150. The molecule has 0 radical (unpaired) electrons. The van der Waals surface area contributed by atoms with E-state index in [1.165, 1.54) is 0 Å². The number of carbonyl (C=O) groups excluding carboxylic acids is 3. The molecule has 276 valence electrons. The maximum absolute atomic E-state index is 12.5. The zero-order chi connectivity index (χ0) is 35.3. The van der Waals surface area contributed by atoms with Crippen molar-refractivity contribution >= 4 is 17.9 Å². The Morgan fingerprint density at radius 1 is 0.521 bits per heavy atom. The standard InChI is InChI=1S/C41H71NO6/c1-5-7-9-11-13-21-27-36-46-39(43)32-25-19-15-17-23-30-38(48-41(45)34-29-35-42(3)4)31-24-18-16-20-26-33-40(44)47-37-28-22-14-12-10-8-6-2/h9-12,21-22,27-28,38H,5-8,13-20,23-26,29-37H2,1-4H3/b11-9-,12-10-,27-21-,28-22-. The summed E-state index contributed by atoms with van der Waals surface area (Å²) in [5.41, 5.74) is 0. The number of nitrogens with zero attached hydrogens (tertiary/aromatic N) is 1. The van der Waals surface area contributed by atoms with Crippen LogP contribution in [0.25, 0.3) is 0 Å². The molecule has 0 N–H and O–H groups in total. The number of esters is 3. The zero-order valence-corrected chi connectivity index (χ0v) is 31.3. The lowest BCUT2D eigenvalue weighted by Crippen LogP contribution is -2.20. The van der Waals surface area contributed by atoms with Crippen molar-refractivity contribution in [3.8, 4) is 0 Å². The van der Waals surface area contributed by atoms with E-state index in [1.807, 2.05) is 38.4 Å². The highest BCUT2D eigenvalue weighted by Gasteiger charge is 2.14. The van der Waals surface area contributed by atoms with Gasteiger partial charge in [0, 0.05) is 19.3 Å². The number of unbranched alkanes of at least 4 members (excludes halogenated alkanes) is 10. The largest absolute Gasteiger partial charge is 0.462 e. The number of carbonyl (C=O) groups is 3. The summed E-state index contributed by atoms with van der Waals surface area (Å²) in [5.74, 6) is -0.349. The molecule has 0 spiro atoms. The highest BCUT2D eigenvalue weighted by atomic mass is 16.5. The summed E-state index contributed by atoms with van der Waals surface area (Å²) < 4.78 is 16.5. The predicted molar refractivity (Wildman–Crippen MR) is 200 cm³/mol. The molecule has 0 heterocycles. The second-order valence-corrected chi connectivity index (χ2v) is 12.9. The van der Waals surface area contributed by atoms with E-state index in [1.54, 1.807) is 0 Å². The Morgan fingerprint density at radius 2 is 0.938 bits per heavy atom. The van der Waals surface area contributed by atoms with Crippen LogP contribution in [0.4, 0.5) is 0 Å². The van der Waals surface area contributed by atoms with E-state index in [9.17, 15) is 14.4 Å². The lowest BCUT2D eigenvalue weighted by Gasteiger charge is -2.18. The first kappa shape index (κ1) is 45.3. The lowest BCUT2D eigenvalue weighted by atomic mass is 10.0. The average Bonchev–Trinajstić information content (AvgIpc) is 3.05. The molecule has 0 unspecified atom stereocenters. The smallest absolute Gasteiger partial charge is 0.306 e. The summed E-state index contributed by atoms with van der Waals surface area (Å²) in [5, 5.41) is 0. The molecule has 48 heavy (non-hydrogen) atoms. The van der Waals surface area contributed by atoms with Crippen LogP contribution in [0.5, 0.6) is 0 Å². The van der Waals surface area contributed by atoms with Crippen molar-refractivity contribution in [3.05, 3.63) is 48.6 Å². The minimum absolute atomic E-state index is 0.0350. The first-order chi connectivity index (χ1) is 23.4. The van der Waals surface area contributed by atoms with Gasteiger partial charge in [0.25, 0.3) is 0 Å². The van der Waals surface area contributed by atoms with Crippen molar-refractivity contribution in [3.63, 3.8) is 0 Å². The van der Waals surface area contributed by atoms with Gasteiger partial charge in [0.1, 0.15) is 19.3 Å². The maximum Gasteiger partial charge on any atom is 0.306 e. The fourth-order valence-corrected chi connectivity index (χ4v) is 5.06. The molecule has 7 heteroatoms. The summed E-state index contributed by atoms with van der Waals surface area (Å²) in [4.78, 5) is 38.5. The van der Waals surface area contributed by atoms with Gasteiger partial charge < -0.3 is 19.1 Å². The van der Waals surface area contributed by atoms with Gasteiger partial charge in [-0.3, -0.25) is 14.4 Å². The van der Waals surface area contributed by atoms with Crippen LogP contribution < -0.4 is 0 Å². The molecule has 7 nitrogen and oxygen atoms in total. The van der Waals surface area contributed by atoms with E-state index in [0.717, 1.165) is 129 Å². The SMILES string of the molecule is CCC/C=C\C/C=C\COC(=O)CCCCCCCC(CCCCCCCC(=O)OC/C=C\C/C=C\CCC)OC(=O)CCCN(C)C. The van der Waals surface area contributed by atoms with E-state index in [-0.39, 0.29) is 24.0 Å². The molecule has 0 aromatic rings. The molecule has 0 atom stereocenters. The minimum Gasteiger partial charge on any atom is -0.462 e. The number of hydrogen-bond donors (Lipinski definition) is 0. The Balaban J connectivity index is 4.15. The van der Waals surface area contributed by atoms with Crippen LogP contribution in [0.15, 0.2) is 48.6 Å². The van der Waals surface area contributed by atoms with Gasteiger partial charge in [-0.15, -0.1) is 0 Å². The molecule has 0 aliphatic heterocycles. The highest BCUT2D eigenvalue weighted by Crippen LogP contribution is 2.18. The van der Waals surface area contributed by atoms with E-state index in [2.05, 4.69) is 43.1 Å². The van der Waals surface area contributed by atoms with Crippen molar-refractivity contribution in [1.29, 1.82) is 0 Å². The fourth-order valence-electron chi connectivity index (χ4n) is 5.06. The van der Waals surface area contributed by atoms with E-state index >= 15 is 0 Å². The number of ether oxygens (including phenoxy) is 3. The molecular weight excluding hydrogens is 602 g/mol. The molecule has 0 saturated heterocycles. The normalized spacial score (nSPS) is 12.0. The van der Waals surface area contributed by atoms with Gasteiger partial charge in [-0.25, -0.2) is 0 Å². The van der Waals surface area contributed by atoms with Gasteiger partial charge in [0.2, 0.25) is 0 Å². The Morgan fingerprint density at radius 3 is 1.40 bits per heavy atom. The molecule has 0 bridgehead atoms. The van der Waals surface area contributed by atoms with Gasteiger partial charge >= 0.3 is 17.9 Å². The fraction of sp³-hybridized carbons (Fsp3) is 0.732. The zero-order valence-electron chi connectivity index (χ0n) is 31.3. The number of hydrogen-bond acceptors (Lipinski definition) is 7. The molecule has 0 saturated carbocycles. The minimum atomic E-state index is -0.128. The highest BCUT2D eigenvalue weighted by molar-refractivity contribution is 5.70. The first-order valence-electron chi connectivity index (χ1n) is 19.1. The van der Waals surface area contributed by atoms with Crippen LogP contribution in [0.1, 0.15) is 155 Å². The van der Waals surface area contributed by atoms with Gasteiger partial charge in [-0.05, 0) is 91.3 Å². The molecule has 0 aliphatic rings. The summed E-state index contributed by atoms with van der Waals surface area (Å²) >= 11 is 0. The van der Waals surface area contributed by atoms with Crippen molar-refractivity contribution in [2.75, 3.05) is 33.9 Å². The predicted octanol–water partition coefficient (Wildman–Crippen LogP) is 10.4. The van der Waals surface area contributed by atoms with Crippen LogP contribution in [-0.2, 0) is 28.6 Å². The van der Waals surface area contributed by atoms with Gasteiger partial charge in [0.15, 0.2) is 0 Å². The van der Waals surface area contributed by atoms with Crippen molar-refractivity contribution in [2.45, 2.75) is 161 Å². The average molecular weight is 674 g/mol. The Bertz CT molecular complexity index is 833. The number of rotatable bonds is 33. The first-order valence-corrected chi connectivity index (χ1v) is 19.1. The van der Waals surface area contributed by atoms with E-state index < -0.39 is 0 Å². The molecule has 0 aromatic heterocycles. The van der Waals surface area contributed by atoms with Gasteiger partial charge in [0.05, 0.1) is 0 Å². The quantitative estimate of drug-likeness (QED) is 0.0297. The molecule has 0 rings (SSSR count). The second-order valence-electron chi connectivity index (χ2n) is 12.9. The third kappa shape index (κ3) is 34.7. The second kappa shape index (κ2) is 35.6. The number of allylic oxidation sites excluding steroid dienone is 6. The summed E-state index contributed by atoms with van der Waals surface area (Å²) in [6, 6.07) is 0. The molecule has 0 amide bonds.